The van der Waals surface area contributed by atoms with Crippen molar-refractivity contribution in [2.45, 2.75) is 24.7 Å². The van der Waals surface area contributed by atoms with Crippen molar-refractivity contribution in [2.75, 3.05) is 31.5 Å². The fourth-order valence-corrected chi connectivity index (χ4v) is 5.00. The largest absolute Gasteiger partial charge is 0.326 e. The summed E-state index contributed by atoms with van der Waals surface area (Å²) in [6.45, 7) is 4.59. The van der Waals surface area contributed by atoms with Gasteiger partial charge in [-0.05, 0) is 50.0 Å². The van der Waals surface area contributed by atoms with Gasteiger partial charge in [-0.3, -0.25) is 4.79 Å². The zero-order valence-electron chi connectivity index (χ0n) is 13.6. The number of amides is 1. The summed E-state index contributed by atoms with van der Waals surface area (Å²) < 4.78 is 26.9. The van der Waals surface area contributed by atoms with Crippen molar-refractivity contribution in [1.29, 1.82) is 0 Å². The van der Waals surface area contributed by atoms with Crippen molar-refractivity contribution in [1.82, 2.24) is 9.62 Å². The van der Waals surface area contributed by atoms with Gasteiger partial charge in [0.1, 0.15) is 4.90 Å². The van der Waals surface area contributed by atoms with Crippen LogP contribution in [0.2, 0.25) is 5.02 Å². The molecule has 0 spiro atoms. The summed E-state index contributed by atoms with van der Waals surface area (Å²) in [5.41, 5.74) is 0.460. The van der Waals surface area contributed by atoms with E-state index in [2.05, 4.69) is 10.6 Å². The Kier molecular flexibility index (Phi) is 5.15. The highest BCUT2D eigenvalue weighted by Crippen LogP contribution is 2.30. The molecule has 0 radical (unpaired) electrons. The molecule has 24 heavy (non-hydrogen) atoms. The average Bonchev–Trinajstić information content (AvgIpc) is 3.02. The zero-order chi connectivity index (χ0) is 17.3. The van der Waals surface area contributed by atoms with Crippen LogP contribution in [0.3, 0.4) is 0 Å². The first-order valence-electron chi connectivity index (χ1n) is 8.21. The molecule has 0 bridgehead atoms. The lowest BCUT2D eigenvalue weighted by atomic mass is 9.88. The zero-order valence-corrected chi connectivity index (χ0v) is 15.2. The van der Waals surface area contributed by atoms with E-state index in [1.165, 1.54) is 16.4 Å². The molecule has 132 valence electrons. The van der Waals surface area contributed by atoms with Gasteiger partial charge in [-0.1, -0.05) is 18.5 Å². The van der Waals surface area contributed by atoms with Crippen molar-refractivity contribution < 1.29 is 13.2 Å². The Bertz CT molecular complexity index is 728. The summed E-state index contributed by atoms with van der Waals surface area (Å²) in [5, 5.41) is 6.14. The van der Waals surface area contributed by atoms with Crippen LogP contribution in [-0.4, -0.2) is 44.8 Å². The molecule has 2 heterocycles. The van der Waals surface area contributed by atoms with Crippen molar-refractivity contribution in [3.63, 3.8) is 0 Å². The number of sulfonamides is 1. The second-order valence-electron chi connectivity index (χ2n) is 6.45. The highest BCUT2D eigenvalue weighted by Gasteiger charge is 2.31. The normalized spacial score (nSPS) is 20.6. The predicted octanol–water partition coefficient (Wildman–Crippen LogP) is 1.92. The molecule has 8 heteroatoms. The first kappa shape index (κ1) is 17.7. The molecule has 2 aliphatic heterocycles. The molecule has 1 atom stereocenters. The van der Waals surface area contributed by atoms with Gasteiger partial charge in [0, 0.05) is 24.7 Å². The van der Waals surface area contributed by atoms with Gasteiger partial charge in [0.15, 0.2) is 0 Å². The van der Waals surface area contributed by atoms with Crippen molar-refractivity contribution in [3.8, 4) is 0 Å². The topological polar surface area (TPSA) is 78.5 Å². The Morgan fingerprint density at radius 1 is 1.33 bits per heavy atom. The van der Waals surface area contributed by atoms with Gasteiger partial charge >= 0.3 is 0 Å². The van der Waals surface area contributed by atoms with Crippen molar-refractivity contribution in [3.05, 3.63) is 23.2 Å². The van der Waals surface area contributed by atoms with E-state index >= 15 is 0 Å². The third-order valence-electron chi connectivity index (χ3n) is 4.82. The molecule has 1 unspecified atom stereocenters. The third kappa shape index (κ3) is 3.44. The van der Waals surface area contributed by atoms with Crippen molar-refractivity contribution >= 4 is 33.2 Å². The number of hydrogen-bond donors (Lipinski definition) is 2. The molecule has 2 saturated heterocycles. The summed E-state index contributed by atoms with van der Waals surface area (Å²) >= 11 is 6.11. The quantitative estimate of drug-likeness (QED) is 0.828. The van der Waals surface area contributed by atoms with Gasteiger partial charge in [-0.15, -0.1) is 0 Å². The molecule has 2 fully saturated rings. The highest BCUT2D eigenvalue weighted by molar-refractivity contribution is 7.89. The van der Waals surface area contributed by atoms with Crippen LogP contribution in [0.5, 0.6) is 0 Å². The molecule has 1 aromatic carbocycles. The van der Waals surface area contributed by atoms with Crippen LogP contribution in [-0.2, 0) is 14.8 Å². The molecule has 0 aromatic heterocycles. The van der Waals surface area contributed by atoms with E-state index < -0.39 is 10.0 Å². The van der Waals surface area contributed by atoms with Crippen LogP contribution in [0.4, 0.5) is 5.69 Å². The lowest BCUT2D eigenvalue weighted by Crippen LogP contribution is -2.48. The van der Waals surface area contributed by atoms with Crippen LogP contribution in [0, 0.1) is 11.8 Å². The first-order chi connectivity index (χ1) is 11.4. The highest BCUT2D eigenvalue weighted by atomic mass is 35.5. The van der Waals surface area contributed by atoms with Gasteiger partial charge in [0.05, 0.1) is 5.02 Å². The monoisotopic (exact) mass is 371 g/mol. The van der Waals surface area contributed by atoms with E-state index in [0.29, 0.717) is 24.7 Å². The molecule has 2 aliphatic rings. The molecule has 1 aromatic rings. The number of nitrogens with zero attached hydrogens (tertiary/aromatic N) is 1. The summed E-state index contributed by atoms with van der Waals surface area (Å²) in [6.07, 6.45) is 1.72. The Labute approximate surface area is 147 Å². The number of halogens is 1. The molecule has 2 N–H and O–H groups in total. The number of carbonyl (C=O) groups excluding carboxylic acids is 1. The smallest absolute Gasteiger partial charge is 0.244 e. The summed E-state index contributed by atoms with van der Waals surface area (Å²) in [5.74, 6) is 0.0963. The number of hydrogen-bond acceptors (Lipinski definition) is 4. The number of carbonyl (C=O) groups is 1. The number of rotatable bonds is 5. The average molecular weight is 372 g/mol. The Morgan fingerprint density at radius 3 is 2.58 bits per heavy atom. The Balaban J connectivity index is 1.79. The molecule has 3 rings (SSSR count). The summed E-state index contributed by atoms with van der Waals surface area (Å²) in [4.78, 5) is 12.4. The van der Waals surface area contributed by atoms with Gasteiger partial charge in [0.2, 0.25) is 15.9 Å². The van der Waals surface area contributed by atoms with Crippen LogP contribution >= 0.6 is 11.6 Å². The summed E-state index contributed by atoms with van der Waals surface area (Å²) in [6, 6.07) is 4.62. The molecule has 6 nitrogen and oxygen atoms in total. The first-order valence-corrected chi connectivity index (χ1v) is 10.0. The standard InChI is InChI=1S/C16H22ClN3O3S/c1-11(12-9-18-10-12)16(21)19-13-4-5-14(17)15(8-13)24(22,23)20-6-2-3-7-20/h4-5,8,11-12,18H,2-3,6-7,9-10H2,1H3,(H,19,21). The fourth-order valence-electron chi connectivity index (χ4n) is 2.98. The minimum atomic E-state index is -3.62. The lowest BCUT2D eigenvalue weighted by molar-refractivity contribution is -0.121. The predicted molar refractivity (Wildman–Crippen MR) is 93.6 cm³/mol. The van der Waals surface area contributed by atoms with Crippen LogP contribution < -0.4 is 10.6 Å². The van der Waals surface area contributed by atoms with E-state index in [4.69, 9.17) is 11.6 Å². The molecular weight excluding hydrogens is 350 g/mol. The van der Waals surface area contributed by atoms with E-state index in [0.717, 1.165) is 25.9 Å². The summed E-state index contributed by atoms with van der Waals surface area (Å²) in [7, 11) is -3.62. The fraction of sp³-hybridized carbons (Fsp3) is 0.562. The molecule has 0 saturated carbocycles. The maximum Gasteiger partial charge on any atom is 0.244 e. The van der Waals surface area contributed by atoms with Gasteiger partial charge < -0.3 is 10.6 Å². The van der Waals surface area contributed by atoms with Gasteiger partial charge in [0.25, 0.3) is 0 Å². The second kappa shape index (κ2) is 7.00. The van der Waals surface area contributed by atoms with E-state index in [1.807, 2.05) is 6.92 Å². The molecule has 0 aliphatic carbocycles. The maximum atomic E-state index is 12.7. The van der Waals surface area contributed by atoms with E-state index in [9.17, 15) is 13.2 Å². The van der Waals surface area contributed by atoms with Crippen LogP contribution in [0.1, 0.15) is 19.8 Å². The second-order valence-corrected chi connectivity index (χ2v) is 8.77. The van der Waals surface area contributed by atoms with Crippen LogP contribution in [0.15, 0.2) is 23.1 Å². The molecule has 1 amide bonds. The lowest BCUT2D eigenvalue weighted by Gasteiger charge is -2.31. The van der Waals surface area contributed by atoms with Gasteiger partial charge in [-0.2, -0.15) is 4.31 Å². The molecular formula is C16H22ClN3O3S. The Hall–Kier alpha value is -1.15. The minimum Gasteiger partial charge on any atom is -0.326 e. The minimum absolute atomic E-state index is 0.0573. The number of nitrogens with one attached hydrogen (secondary N) is 2. The number of anilines is 1. The van der Waals surface area contributed by atoms with Crippen molar-refractivity contribution in [2.24, 2.45) is 11.8 Å². The van der Waals surface area contributed by atoms with E-state index in [-0.39, 0.29) is 21.7 Å². The van der Waals surface area contributed by atoms with Gasteiger partial charge in [-0.25, -0.2) is 8.42 Å². The Morgan fingerprint density at radius 2 is 2.00 bits per heavy atom. The number of benzene rings is 1. The third-order valence-corrected chi connectivity index (χ3v) is 7.20. The van der Waals surface area contributed by atoms with Crippen LogP contribution in [0.25, 0.3) is 0 Å². The maximum absolute atomic E-state index is 12.7. The van der Waals surface area contributed by atoms with E-state index in [1.54, 1.807) is 6.07 Å². The SMILES string of the molecule is CC(C(=O)Nc1ccc(Cl)c(S(=O)(=O)N2CCCC2)c1)C1CNC1.